The van der Waals surface area contributed by atoms with Crippen LogP contribution in [0.3, 0.4) is 0 Å². The van der Waals surface area contributed by atoms with E-state index >= 15 is 0 Å². The van der Waals surface area contributed by atoms with Gasteiger partial charge in [0.05, 0.1) is 12.5 Å². The third-order valence-corrected chi connectivity index (χ3v) is 3.80. The van der Waals surface area contributed by atoms with Crippen molar-refractivity contribution in [1.29, 1.82) is 0 Å². The quantitative estimate of drug-likeness (QED) is 0.588. The van der Waals surface area contributed by atoms with Gasteiger partial charge in [-0.3, -0.25) is 0 Å². The molecule has 1 aromatic heterocycles. The summed E-state index contributed by atoms with van der Waals surface area (Å²) in [7, 11) is 1.49. The minimum absolute atomic E-state index is 0.110. The monoisotopic (exact) mass is 344 g/mol. The maximum absolute atomic E-state index is 11.9. The summed E-state index contributed by atoms with van der Waals surface area (Å²) in [6.45, 7) is 6.43. The topological polar surface area (TPSA) is 68.9 Å². The van der Waals surface area contributed by atoms with Crippen LogP contribution in [0.2, 0.25) is 0 Å². The number of allylic oxidation sites excluding steroid dienone is 3. The molecule has 5 heteroatoms. The highest BCUT2D eigenvalue weighted by atomic mass is 16.5. The van der Waals surface area contributed by atoms with Crippen molar-refractivity contribution in [3.63, 3.8) is 0 Å². The van der Waals surface area contributed by atoms with Crippen molar-refractivity contribution in [1.82, 2.24) is 0 Å². The second-order valence-corrected chi connectivity index (χ2v) is 6.09. The van der Waals surface area contributed by atoms with Crippen LogP contribution in [0.25, 0.3) is 11.0 Å². The molecular weight excluding hydrogens is 320 g/mol. The molecule has 1 N–H and O–H groups in total. The molecule has 2 rings (SSSR count). The number of fused-ring (bicyclic) bond motifs is 1. The van der Waals surface area contributed by atoms with Gasteiger partial charge >= 0.3 is 5.63 Å². The number of rotatable bonds is 7. The largest absolute Gasteiger partial charge is 0.499 e. The molecule has 0 radical (unpaired) electrons. The molecule has 0 unspecified atom stereocenters. The van der Waals surface area contributed by atoms with Crippen LogP contribution in [0.4, 0.5) is 0 Å². The van der Waals surface area contributed by atoms with E-state index in [1.54, 1.807) is 18.2 Å². The van der Waals surface area contributed by atoms with Gasteiger partial charge in [-0.05, 0) is 51.8 Å². The van der Waals surface area contributed by atoms with Crippen molar-refractivity contribution in [2.24, 2.45) is 0 Å². The SMILES string of the molecule is COc1cccc2c(OC/C=C(\C)CCC=C(C)C)c(O)c(=O)oc12. The van der Waals surface area contributed by atoms with E-state index in [1.165, 1.54) is 18.3 Å². The Morgan fingerprint density at radius 2 is 2.00 bits per heavy atom. The summed E-state index contributed by atoms with van der Waals surface area (Å²) >= 11 is 0. The highest BCUT2D eigenvalue weighted by Gasteiger charge is 2.17. The van der Waals surface area contributed by atoms with Gasteiger partial charge in [0, 0.05) is 0 Å². The number of hydrogen-bond acceptors (Lipinski definition) is 5. The maximum atomic E-state index is 11.9. The maximum Gasteiger partial charge on any atom is 0.382 e. The van der Waals surface area contributed by atoms with Crippen LogP contribution in [0, 0.1) is 0 Å². The van der Waals surface area contributed by atoms with Gasteiger partial charge in [0.1, 0.15) is 6.61 Å². The van der Waals surface area contributed by atoms with Crippen molar-refractivity contribution < 1.29 is 19.0 Å². The van der Waals surface area contributed by atoms with Crippen molar-refractivity contribution in [3.8, 4) is 17.2 Å². The summed E-state index contributed by atoms with van der Waals surface area (Å²) in [4.78, 5) is 11.9. The van der Waals surface area contributed by atoms with Gasteiger partial charge in [-0.25, -0.2) is 4.79 Å². The van der Waals surface area contributed by atoms with E-state index in [0.717, 1.165) is 12.8 Å². The average molecular weight is 344 g/mol. The number of methoxy groups -OCH3 is 1. The molecule has 0 aliphatic rings. The first-order chi connectivity index (χ1) is 11.9. The van der Waals surface area contributed by atoms with Crippen molar-refractivity contribution in [3.05, 3.63) is 51.9 Å². The zero-order chi connectivity index (χ0) is 18.4. The molecule has 0 aliphatic carbocycles. The first kappa shape index (κ1) is 18.6. The minimum atomic E-state index is -0.851. The lowest BCUT2D eigenvalue weighted by Gasteiger charge is -2.10. The predicted octanol–water partition coefficient (Wildman–Crippen LogP) is 4.58. The van der Waals surface area contributed by atoms with Gasteiger partial charge in [-0.1, -0.05) is 23.3 Å². The zero-order valence-corrected chi connectivity index (χ0v) is 15.1. The van der Waals surface area contributed by atoms with Gasteiger partial charge in [-0.15, -0.1) is 0 Å². The first-order valence-electron chi connectivity index (χ1n) is 8.18. The Labute approximate surface area is 147 Å². The molecule has 1 heterocycles. The molecule has 2 aromatic rings. The summed E-state index contributed by atoms with van der Waals surface area (Å²) in [6, 6.07) is 5.13. The molecule has 5 nitrogen and oxygen atoms in total. The Bertz CT molecular complexity index is 854. The molecular formula is C20H24O5. The summed E-state index contributed by atoms with van der Waals surface area (Å²) < 4.78 is 16.0. The molecule has 0 bridgehead atoms. The summed E-state index contributed by atoms with van der Waals surface area (Å²) in [5.74, 6) is -0.0114. The number of ether oxygens (including phenoxy) is 2. The first-order valence-corrected chi connectivity index (χ1v) is 8.18. The van der Waals surface area contributed by atoms with Crippen LogP contribution >= 0.6 is 0 Å². The standard InChI is InChI=1S/C20H24O5/c1-13(2)7-5-8-14(3)11-12-24-19-15-9-6-10-16(23-4)18(15)25-20(22)17(19)21/h6-7,9-11,21H,5,8,12H2,1-4H3/b14-11+. The predicted molar refractivity (Wildman–Crippen MR) is 98.6 cm³/mol. The van der Waals surface area contributed by atoms with Gasteiger partial charge in [0.15, 0.2) is 17.1 Å². The fourth-order valence-corrected chi connectivity index (χ4v) is 2.43. The molecule has 0 amide bonds. The van der Waals surface area contributed by atoms with E-state index in [-0.39, 0.29) is 17.9 Å². The Balaban J connectivity index is 2.22. The van der Waals surface area contributed by atoms with E-state index in [2.05, 4.69) is 19.9 Å². The second kappa shape index (κ2) is 8.42. The van der Waals surface area contributed by atoms with Crippen LogP contribution in [0.5, 0.6) is 17.2 Å². The molecule has 0 aliphatic heterocycles. The van der Waals surface area contributed by atoms with Crippen molar-refractivity contribution in [2.75, 3.05) is 13.7 Å². The minimum Gasteiger partial charge on any atom is -0.499 e. The highest BCUT2D eigenvalue weighted by molar-refractivity contribution is 5.89. The van der Waals surface area contributed by atoms with E-state index < -0.39 is 11.4 Å². The Hall–Kier alpha value is -2.69. The third kappa shape index (κ3) is 4.66. The van der Waals surface area contributed by atoms with Gasteiger partial charge in [0.2, 0.25) is 5.75 Å². The lowest BCUT2D eigenvalue weighted by atomic mass is 10.1. The molecule has 134 valence electrons. The zero-order valence-electron chi connectivity index (χ0n) is 15.1. The van der Waals surface area contributed by atoms with Crippen molar-refractivity contribution >= 4 is 11.0 Å². The Kier molecular flexibility index (Phi) is 6.28. The summed E-state index contributed by atoms with van der Waals surface area (Å²) in [5.41, 5.74) is 1.88. The second-order valence-electron chi connectivity index (χ2n) is 6.09. The van der Waals surface area contributed by atoms with Gasteiger partial charge in [0.25, 0.3) is 0 Å². The molecule has 0 fully saturated rings. The van der Waals surface area contributed by atoms with Gasteiger partial charge in [-0.2, -0.15) is 0 Å². The van der Waals surface area contributed by atoms with Crippen LogP contribution in [0.1, 0.15) is 33.6 Å². The normalized spacial score (nSPS) is 11.4. The van der Waals surface area contributed by atoms with Crippen LogP contribution in [-0.4, -0.2) is 18.8 Å². The van der Waals surface area contributed by atoms with Crippen LogP contribution < -0.4 is 15.1 Å². The lowest BCUT2D eigenvalue weighted by molar-refractivity contribution is 0.325. The third-order valence-electron chi connectivity index (χ3n) is 3.80. The Morgan fingerprint density at radius 1 is 1.24 bits per heavy atom. The number of aromatic hydroxyl groups is 1. The molecule has 0 saturated carbocycles. The van der Waals surface area contributed by atoms with E-state index in [0.29, 0.717) is 11.1 Å². The number of para-hydroxylation sites is 1. The molecule has 0 atom stereocenters. The van der Waals surface area contributed by atoms with Crippen LogP contribution in [-0.2, 0) is 0 Å². The number of benzene rings is 1. The van der Waals surface area contributed by atoms with Crippen molar-refractivity contribution in [2.45, 2.75) is 33.6 Å². The molecule has 1 aromatic carbocycles. The van der Waals surface area contributed by atoms with Gasteiger partial charge < -0.3 is 19.0 Å². The fourth-order valence-electron chi connectivity index (χ4n) is 2.43. The lowest BCUT2D eigenvalue weighted by Crippen LogP contribution is -2.04. The van der Waals surface area contributed by atoms with E-state index in [4.69, 9.17) is 13.9 Å². The average Bonchev–Trinajstić information content (AvgIpc) is 2.57. The smallest absolute Gasteiger partial charge is 0.382 e. The fraction of sp³-hybridized carbons (Fsp3) is 0.350. The van der Waals surface area contributed by atoms with E-state index in [9.17, 15) is 9.90 Å². The summed E-state index contributed by atoms with van der Waals surface area (Å²) in [6.07, 6.45) is 6.04. The molecule has 25 heavy (non-hydrogen) atoms. The van der Waals surface area contributed by atoms with Crippen LogP contribution in [0.15, 0.2) is 50.7 Å². The Morgan fingerprint density at radius 3 is 2.68 bits per heavy atom. The van der Waals surface area contributed by atoms with E-state index in [1.807, 2.05) is 13.0 Å². The molecule has 0 spiro atoms. The summed E-state index contributed by atoms with van der Waals surface area (Å²) in [5, 5.41) is 10.5. The number of hydrogen-bond donors (Lipinski definition) is 1. The highest BCUT2D eigenvalue weighted by Crippen LogP contribution is 2.36. The molecule has 0 saturated heterocycles.